The first-order valence-corrected chi connectivity index (χ1v) is 6.49. The van der Waals surface area contributed by atoms with Gasteiger partial charge in [0, 0.05) is 7.05 Å². The number of benzene rings is 1. The summed E-state index contributed by atoms with van der Waals surface area (Å²) in [6.45, 7) is 0.722. The smallest absolute Gasteiger partial charge is 0.236 e. The number of halogens is 2. The van der Waals surface area contributed by atoms with Crippen LogP contribution in [0.2, 0.25) is 0 Å². The van der Waals surface area contributed by atoms with Crippen molar-refractivity contribution in [2.75, 3.05) is 13.6 Å². The molecule has 1 heterocycles. The Hall–Kier alpha value is -1.49. The van der Waals surface area contributed by atoms with Crippen LogP contribution in [0.1, 0.15) is 18.4 Å². The van der Waals surface area contributed by atoms with E-state index in [0.717, 1.165) is 25.1 Å². The third-order valence-electron chi connectivity index (χ3n) is 3.59. The summed E-state index contributed by atoms with van der Waals surface area (Å²) >= 11 is 0. The molecule has 0 aromatic heterocycles. The summed E-state index contributed by atoms with van der Waals surface area (Å²) in [7, 11) is 1.60. The van der Waals surface area contributed by atoms with Gasteiger partial charge in [-0.1, -0.05) is 0 Å². The average molecular weight is 268 g/mol. The number of likely N-dealkylation sites (N-methyl/N-ethyl adjacent to an activating group) is 1. The number of hydrogen-bond donors (Lipinski definition) is 2. The molecule has 2 rings (SSSR count). The molecule has 2 atom stereocenters. The molecule has 5 heteroatoms. The monoisotopic (exact) mass is 268 g/mol. The Balaban J connectivity index is 2.02. The Morgan fingerprint density at radius 1 is 1.47 bits per heavy atom. The topological polar surface area (TPSA) is 41.1 Å². The maximum atomic E-state index is 13.6. The van der Waals surface area contributed by atoms with E-state index in [-0.39, 0.29) is 23.7 Å². The third kappa shape index (κ3) is 3.50. The van der Waals surface area contributed by atoms with E-state index in [1.807, 2.05) is 0 Å². The van der Waals surface area contributed by atoms with Crippen LogP contribution in [0.3, 0.4) is 0 Å². The summed E-state index contributed by atoms with van der Waals surface area (Å²) in [6.07, 6.45) is 1.98. The van der Waals surface area contributed by atoms with E-state index in [1.54, 1.807) is 7.05 Å². The molecule has 0 bridgehead atoms. The fourth-order valence-corrected chi connectivity index (χ4v) is 2.57. The molecule has 1 aromatic carbocycles. The molecule has 0 radical (unpaired) electrons. The van der Waals surface area contributed by atoms with E-state index >= 15 is 0 Å². The van der Waals surface area contributed by atoms with Crippen molar-refractivity contribution in [3.8, 4) is 0 Å². The summed E-state index contributed by atoms with van der Waals surface area (Å²) in [4.78, 5) is 11.6. The highest BCUT2D eigenvalue weighted by Gasteiger charge is 2.26. The molecule has 104 valence electrons. The van der Waals surface area contributed by atoms with Crippen LogP contribution < -0.4 is 10.6 Å². The van der Waals surface area contributed by atoms with E-state index in [4.69, 9.17) is 0 Å². The summed E-state index contributed by atoms with van der Waals surface area (Å²) in [5.41, 5.74) is 0.391. The van der Waals surface area contributed by atoms with Crippen LogP contribution >= 0.6 is 0 Å². The molecular formula is C14H18F2N2O. The predicted octanol–water partition coefficient (Wildman–Crippen LogP) is 1.62. The number of rotatable bonds is 3. The Labute approximate surface area is 111 Å². The average Bonchev–Trinajstić information content (AvgIpc) is 2.42. The molecule has 0 saturated carbocycles. The van der Waals surface area contributed by atoms with Crippen molar-refractivity contribution >= 4 is 5.91 Å². The second kappa shape index (κ2) is 6.10. The second-order valence-electron chi connectivity index (χ2n) is 4.95. The molecule has 1 aliphatic rings. The molecule has 1 aliphatic heterocycles. The number of carbonyl (C=O) groups excluding carboxylic acids is 1. The highest BCUT2D eigenvalue weighted by atomic mass is 19.1. The van der Waals surface area contributed by atoms with Crippen molar-refractivity contribution in [2.45, 2.75) is 25.3 Å². The Morgan fingerprint density at radius 3 is 3.00 bits per heavy atom. The minimum Gasteiger partial charge on any atom is -0.358 e. The lowest BCUT2D eigenvalue weighted by molar-refractivity contribution is -0.123. The van der Waals surface area contributed by atoms with E-state index in [2.05, 4.69) is 10.6 Å². The van der Waals surface area contributed by atoms with Crippen molar-refractivity contribution in [2.24, 2.45) is 5.92 Å². The van der Waals surface area contributed by atoms with Crippen LogP contribution in [0, 0.1) is 17.6 Å². The zero-order valence-corrected chi connectivity index (χ0v) is 10.9. The number of hydrogen-bond acceptors (Lipinski definition) is 2. The highest BCUT2D eigenvalue weighted by Crippen LogP contribution is 2.23. The number of amides is 1. The molecule has 2 unspecified atom stereocenters. The van der Waals surface area contributed by atoms with Gasteiger partial charge in [0.25, 0.3) is 0 Å². The summed E-state index contributed by atoms with van der Waals surface area (Å²) in [5, 5.41) is 5.74. The molecule has 19 heavy (non-hydrogen) atoms. The van der Waals surface area contributed by atoms with Gasteiger partial charge in [-0.05, 0) is 55.5 Å². The van der Waals surface area contributed by atoms with E-state index in [1.165, 1.54) is 6.07 Å². The van der Waals surface area contributed by atoms with Gasteiger partial charge in [-0.3, -0.25) is 4.79 Å². The predicted molar refractivity (Wildman–Crippen MR) is 68.6 cm³/mol. The lowest BCUT2D eigenvalue weighted by Gasteiger charge is -2.29. The van der Waals surface area contributed by atoms with Gasteiger partial charge in [0.05, 0.1) is 6.04 Å². The quantitative estimate of drug-likeness (QED) is 0.874. The molecule has 2 N–H and O–H groups in total. The van der Waals surface area contributed by atoms with Gasteiger partial charge in [-0.15, -0.1) is 0 Å². The van der Waals surface area contributed by atoms with E-state index < -0.39 is 5.82 Å². The SMILES string of the molecule is CNC(=O)C1CC(Cc2cc(F)ccc2F)CCN1. The molecule has 1 amide bonds. The number of piperidine rings is 1. The van der Waals surface area contributed by atoms with Gasteiger partial charge >= 0.3 is 0 Å². The molecule has 0 aliphatic carbocycles. The van der Waals surface area contributed by atoms with Gasteiger partial charge in [0.2, 0.25) is 5.91 Å². The normalized spacial score (nSPS) is 23.1. The molecule has 0 spiro atoms. The van der Waals surface area contributed by atoms with Crippen molar-refractivity contribution in [3.05, 3.63) is 35.4 Å². The van der Waals surface area contributed by atoms with Crippen LogP contribution in [0.5, 0.6) is 0 Å². The largest absolute Gasteiger partial charge is 0.358 e. The first-order valence-electron chi connectivity index (χ1n) is 6.49. The van der Waals surface area contributed by atoms with Crippen molar-refractivity contribution < 1.29 is 13.6 Å². The highest BCUT2D eigenvalue weighted by molar-refractivity contribution is 5.81. The van der Waals surface area contributed by atoms with Crippen LogP contribution in [-0.4, -0.2) is 25.5 Å². The Morgan fingerprint density at radius 2 is 2.26 bits per heavy atom. The summed E-state index contributed by atoms with van der Waals surface area (Å²) in [6, 6.07) is 3.28. The second-order valence-corrected chi connectivity index (χ2v) is 4.95. The van der Waals surface area contributed by atoms with Crippen LogP contribution in [0.25, 0.3) is 0 Å². The molecule has 3 nitrogen and oxygen atoms in total. The van der Waals surface area contributed by atoms with Gasteiger partial charge < -0.3 is 10.6 Å². The molecule has 1 fully saturated rings. The van der Waals surface area contributed by atoms with E-state index in [0.29, 0.717) is 18.4 Å². The molecule has 1 aromatic rings. The Bertz CT molecular complexity index is 465. The zero-order chi connectivity index (χ0) is 13.8. The van der Waals surface area contributed by atoms with Gasteiger partial charge in [0.15, 0.2) is 0 Å². The van der Waals surface area contributed by atoms with Crippen molar-refractivity contribution in [1.82, 2.24) is 10.6 Å². The van der Waals surface area contributed by atoms with Crippen LogP contribution in [-0.2, 0) is 11.2 Å². The number of carbonyl (C=O) groups is 1. The fraction of sp³-hybridized carbons (Fsp3) is 0.500. The van der Waals surface area contributed by atoms with Crippen molar-refractivity contribution in [1.29, 1.82) is 0 Å². The fourth-order valence-electron chi connectivity index (χ4n) is 2.57. The standard InChI is InChI=1S/C14H18F2N2O/c1-17-14(19)13-7-9(4-5-18-13)6-10-8-11(15)2-3-12(10)16/h2-3,8-9,13,18H,4-7H2,1H3,(H,17,19). The van der Waals surface area contributed by atoms with Crippen molar-refractivity contribution in [3.63, 3.8) is 0 Å². The minimum atomic E-state index is -0.423. The van der Waals surface area contributed by atoms with Crippen LogP contribution in [0.4, 0.5) is 8.78 Å². The van der Waals surface area contributed by atoms with E-state index in [9.17, 15) is 13.6 Å². The Kier molecular flexibility index (Phi) is 4.47. The molecule has 1 saturated heterocycles. The lowest BCUT2D eigenvalue weighted by atomic mass is 9.86. The van der Waals surface area contributed by atoms with Gasteiger partial charge in [-0.25, -0.2) is 8.78 Å². The number of nitrogens with one attached hydrogen (secondary N) is 2. The lowest BCUT2D eigenvalue weighted by Crippen LogP contribution is -2.48. The summed E-state index contributed by atoms with van der Waals surface area (Å²) in [5.74, 6) is -0.658. The zero-order valence-electron chi connectivity index (χ0n) is 10.9. The first kappa shape index (κ1) is 13.9. The minimum absolute atomic E-state index is 0.0515. The third-order valence-corrected chi connectivity index (χ3v) is 3.59. The maximum Gasteiger partial charge on any atom is 0.236 e. The molecular weight excluding hydrogens is 250 g/mol. The first-order chi connectivity index (χ1) is 9.10. The van der Waals surface area contributed by atoms with Crippen LogP contribution in [0.15, 0.2) is 18.2 Å². The van der Waals surface area contributed by atoms with Gasteiger partial charge in [-0.2, -0.15) is 0 Å². The maximum absolute atomic E-state index is 13.6. The summed E-state index contributed by atoms with van der Waals surface area (Å²) < 4.78 is 26.7. The van der Waals surface area contributed by atoms with Gasteiger partial charge in [0.1, 0.15) is 11.6 Å².